The van der Waals surface area contributed by atoms with Crippen LogP contribution in [0.2, 0.25) is 0 Å². The summed E-state index contributed by atoms with van der Waals surface area (Å²) in [5, 5.41) is 7.64. The molecule has 2 aliphatic rings. The number of nitrogens with one attached hydrogen (secondary N) is 1. The molecule has 2 aliphatic heterocycles. The Morgan fingerprint density at radius 2 is 1.71 bits per heavy atom. The average molecular weight is 418 g/mol. The number of amides is 5. The van der Waals surface area contributed by atoms with Crippen molar-refractivity contribution in [3.8, 4) is 5.75 Å². The monoisotopic (exact) mass is 418 g/mol. The number of benzene rings is 2. The summed E-state index contributed by atoms with van der Waals surface area (Å²) in [5.74, 6) is -2.58. The Morgan fingerprint density at radius 3 is 2.42 bits per heavy atom. The second-order valence-electron chi connectivity index (χ2n) is 6.89. The molecule has 9 nitrogen and oxygen atoms in total. The fourth-order valence-electron chi connectivity index (χ4n) is 3.35. The van der Waals surface area contributed by atoms with E-state index in [4.69, 9.17) is 4.74 Å². The van der Waals surface area contributed by atoms with Crippen LogP contribution in [-0.2, 0) is 14.4 Å². The normalized spacial score (nSPS) is 20.3. The first-order chi connectivity index (χ1) is 14.9. The van der Waals surface area contributed by atoms with Crippen molar-refractivity contribution < 1.29 is 23.9 Å². The van der Waals surface area contributed by atoms with Crippen LogP contribution in [0.25, 0.3) is 0 Å². The molecule has 0 bridgehead atoms. The number of ether oxygens (including phenoxy) is 1. The Balaban J connectivity index is 1.67. The third kappa shape index (κ3) is 3.57. The van der Waals surface area contributed by atoms with E-state index in [1.54, 1.807) is 43.3 Å². The number of nitrogens with zero attached hydrogens (tertiary/aromatic N) is 3. The van der Waals surface area contributed by atoms with Crippen LogP contribution < -0.4 is 20.0 Å². The van der Waals surface area contributed by atoms with Crippen molar-refractivity contribution in [1.29, 1.82) is 0 Å². The van der Waals surface area contributed by atoms with Crippen LogP contribution in [0.3, 0.4) is 0 Å². The maximum atomic E-state index is 13.1. The molecule has 1 atom stereocenters. The van der Waals surface area contributed by atoms with Crippen molar-refractivity contribution in [3.05, 3.63) is 66.2 Å². The van der Waals surface area contributed by atoms with Crippen molar-refractivity contribution in [2.45, 2.75) is 6.92 Å². The topological polar surface area (TPSA) is 108 Å². The van der Waals surface area contributed by atoms with E-state index in [0.29, 0.717) is 17.1 Å². The Hall–Kier alpha value is -4.27. The van der Waals surface area contributed by atoms with Crippen LogP contribution >= 0.6 is 0 Å². The standard InChI is InChI=1S/C22H18N4O5/c1-13-17(21(29)26(24-13)14-7-4-3-5-8-14)12-18-19(27)23-22(30)25(20(18)28)15-9-6-10-16(11-15)31-2/h3-12,17H,1-2H3,(H,23,27,30)/b18-12-/t17-/m1/s1. The molecule has 2 aromatic rings. The number of rotatable bonds is 4. The molecule has 0 aromatic heterocycles. The highest BCUT2D eigenvalue weighted by Gasteiger charge is 2.40. The number of para-hydroxylation sites is 1. The van der Waals surface area contributed by atoms with Crippen molar-refractivity contribution >= 4 is 40.8 Å². The van der Waals surface area contributed by atoms with E-state index in [2.05, 4.69) is 10.4 Å². The van der Waals surface area contributed by atoms with Crippen LogP contribution in [0.15, 0.2) is 71.3 Å². The summed E-state index contributed by atoms with van der Waals surface area (Å²) in [6, 6.07) is 14.2. The summed E-state index contributed by atoms with van der Waals surface area (Å²) in [4.78, 5) is 51.6. The van der Waals surface area contributed by atoms with Gasteiger partial charge in [0.05, 0.1) is 30.1 Å². The van der Waals surface area contributed by atoms with Gasteiger partial charge in [-0.25, -0.2) is 9.69 Å². The average Bonchev–Trinajstić information content (AvgIpc) is 3.05. The Labute approximate surface area is 177 Å². The van der Waals surface area contributed by atoms with Gasteiger partial charge in [-0.1, -0.05) is 24.3 Å². The van der Waals surface area contributed by atoms with Crippen molar-refractivity contribution in [1.82, 2.24) is 5.32 Å². The zero-order valence-corrected chi connectivity index (χ0v) is 16.7. The fraction of sp³-hybridized carbons (Fsp3) is 0.136. The maximum absolute atomic E-state index is 13.1. The number of anilines is 2. The Bertz CT molecular complexity index is 1160. The van der Waals surface area contributed by atoms with E-state index >= 15 is 0 Å². The molecule has 1 saturated heterocycles. The lowest BCUT2D eigenvalue weighted by molar-refractivity contribution is -0.122. The third-order valence-electron chi connectivity index (χ3n) is 4.93. The van der Waals surface area contributed by atoms with Crippen LogP contribution in [0.1, 0.15) is 6.92 Å². The number of hydrogen-bond acceptors (Lipinski definition) is 6. The van der Waals surface area contributed by atoms with E-state index in [-0.39, 0.29) is 11.3 Å². The second kappa shape index (κ2) is 7.86. The van der Waals surface area contributed by atoms with Crippen molar-refractivity contribution in [2.24, 2.45) is 11.0 Å². The highest BCUT2D eigenvalue weighted by atomic mass is 16.5. The zero-order valence-electron chi connectivity index (χ0n) is 16.7. The summed E-state index contributed by atoms with van der Waals surface area (Å²) in [6.07, 6.45) is 1.25. The highest BCUT2D eigenvalue weighted by Crippen LogP contribution is 2.28. The molecule has 0 saturated carbocycles. The molecule has 0 spiro atoms. The number of barbiturate groups is 1. The second-order valence-corrected chi connectivity index (χ2v) is 6.89. The number of urea groups is 1. The minimum atomic E-state index is -0.912. The first-order valence-corrected chi connectivity index (χ1v) is 9.40. The molecule has 5 amide bonds. The van der Waals surface area contributed by atoms with Gasteiger partial charge in [-0.3, -0.25) is 19.7 Å². The van der Waals surface area contributed by atoms with Crippen molar-refractivity contribution in [2.75, 3.05) is 17.0 Å². The van der Waals surface area contributed by atoms with Gasteiger partial charge >= 0.3 is 6.03 Å². The largest absolute Gasteiger partial charge is 0.497 e. The molecule has 9 heteroatoms. The number of carbonyl (C=O) groups is 4. The first kappa shape index (κ1) is 20.0. The minimum Gasteiger partial charge on any atom is -0.497 e. The lowest BCUT2D eigenvalue weighted by Gasteiger charge is -2.27. The first-order valence-electron chi connectivity index (χ1n) is 9.40. The third-order valence-corrected chi connectivity index (χ3v) is 4.93. The lowest BCUT2D eigenvalue weighted by atomic mass is 9.98. The van der Waals surface area contributed by atoms with Gasteiger partial charge in [-0.15, -0.1) is 0 Å². The van der Waals surface area contributed by atoms with Gasteiger partial charge in [-0.05, 0) is 37.3 Å². The van der Waals surface area contributed by atoms with Gasteiger partial charge in [0.25, 0.3) is 17.7 Å². The van der Waals surface area contributed by atoms with Crippen LogP contribution in [0.5, 0.6) is 5.75 Å². The van der Waals surface area contributed by atoms with Crippen molar-refractivity contribution in [3.63, 3.8) is 0 Å². The molecule has 4 rings (SSSR count). The maximum Gasteiger partial charge on any atom is 0.335 e. The molecular formula is C22H18N4O5. The van der Waals surface area contributed by atoms with Gasteiger partial charge in [0.2, 0.25) is 0 Å². The van der Waals surface area contributed by atoms with Crippen LogP contribution in [-0.4, -0.2) is 36.6 Å². The lowest BCUT2D eigenvalue weighted by Crippen LogP contribution is -2.54. The molecule has 2 aromatic carbocycles. The van der Waals surface area contributed by atoms with E-state index < -0.39 is 29.7 Å². The molecule has 1 N–H and O–H groups in total. The van der Waals surface area contributed by atoms with Gasteiger partial charge in [-0.2, -0.15) is 10.1 Å². The Morgan fingerprint density at radius 1 is 1.00 bits per heavy atom. The number of imide groups is 2. The molecule has 0 aliphatic carbocycles. The van der Waals surface area contributed by atoms with Crippen LogP contribution in [0, 0.1) is 5.92 Å². The van der Waals surface area contributed by atoms with E-state index in [1.807, 2.05) is 6.07 Å². The van der Waals surface area contributed by atoms with Gasteiger partial charge < -0.3 is 4.74 Å². The fourth-order valence-corrected chi connectivity index (χ4v) is 3.35. The smallest absolute Gasteiger partial charge is 0.335 e. The highest BCUT2D eigenvalue weighted by molar-refractivity contribution is 6.38. The molecule has 31 heavy (non-hydrogen) atoms. The SMILES string of the molecule is COc1cccc(N2C(=O)NC(=O)/C(=C/[C@H]3C(=O)N(c4ccccc4)N=C3C)C2=O)c1. The predicted molar refractivity (Wildman–Crippen MR) is 113 cm³/mol. The Kier molecular flexibility index (Phi) is 5.08. The number of hydrogen-bond donors (Lipinski definition) is 1. The number of methoxy groups -OCH3 is 1. The van der Waals surface area contributed by atoms with Gasteiger partial charge in [0.1, 0.15) is 11.3 Å². The van der Waals surface area contributed by atoms with E-state index in [1.165, 1.54) is 30.3 Å². The van der Waals surface area contributed by atoms with Gasteiger partial charge in [0.15, 0.2) is 0 Å². The van der Waals surface area contributed by atoms with E-state index in [9.17, 15) is 19.2 Å². The summed E-state index contributed by atoms with van der Waals surface area (Å²) < 4.78 is 5.14. The zero-order chi connectivity index (χ0) is 22.1. The summed E-state index contributed by atoms with van der Waals surface area (Å²) >= 11 is 0. The summed E-state index contributed by atoms with van der Waals surface area (Å²) in [6.45, 7) is 1.64. The molecule has 156 valence electrons. The summed E-state index contributed by atoms with van der Waals surface area (Å²) in [7, 11) is 1.46. The quantitative estimate of drug-likeness (QED) is 0.605. The summed E-state index contributed by atoms with van der Waals surface area (Å²) in [5.41, 5.74) is 0.909. The van der Waals surface area contributed by atoms with Gasteiger partial charge in [0, 0.05) is 6.07 Å². The minimum absolute atomic E-state index is 0.231. The predicted octanol–water partition coefficient (Wildman–Crippen LogP) is 2.24. The van der Waals surface area contributed by atoms with Crippen LogP contribution in [0.4, 0.5) is 16.2 Å². The molecule has 1 fully saturated rings. The number of hydrazone groups is 1. The molecular weight excluding hydrogens is 400 g/mol. The van der Waals surface area contributed by atoms with E-state index in [0.717, 1.165) is 4.90 Å². The molecule has 2 heterocycles. The molecule has 0 unspecified atom stereocenters. The molecule has 0 radical (unpaired) electrons. The number of carbonyl (C=O) groups excluding carboxylic acids is 4.